The summed E-state index contributed by atoms with van der Waals surface area (Å²) < 4.78 is 1.57. The molecule has 0 radical (unpaired) electrons. The molecule has 2 aromatic rings. The molecular weight excluding hydrogens is 352 g/mol. The number of rotatable bonds is 5. The standard InChI is InChI=1S/C17H22N6O2S/c1-12-6-8-22(9-7-12)16(25)11-26-17-19-20-21-23(17)15-5-3-4-14(10-15)18-13(2)24/h3-5,10,12H,6-9,11H2,1-2H3,(H,18,24). The average molecular weight is 374 g/mol. The second kappa shape index (κ2) is 8.31. The van der Waals surface area contributed by atoms with Gasteiger partial charge in [-0.25, -0.2) is 0 Å². The van der Waals surface area contributed by atoms with Crippen LogP contribution in [0.1, 0.15) is 26.7 Å². The van der Waals surface area contributed by atoms with Crippen LogP contribution in [-0.2, 0) is 9.59 Å². The second-order valence-electron chi connectivity index (χ2n) is 6.46. The molecule has 3 rings (SSSR count). The number of benzene rings is 1. The van der Waals surface area contributed by atoms with E-state index in [2.05, 4.69) is 27.8 Å². The molecule has 2 heterocycles. The van der Waals surface area contributed by atoms with Crippen LogP contribution in [0.3, 0.4) is 0 Å². The second-order valence-corrected chi connectivity index (χ2v) is 7.40. The minimum Gasteiger partial charge on any atom is -0.342 e. The number of carbonyl (C=O) groups excluding carboxylic acids is 2. The third kappa shape index (κ3) is 4.60. The maximum absolute atomic E-state index is 12.4. The Hall–Kier alpha value is -2.42. The number of tetrazole rings is 1. The van der Waals surface area contributed by atoms with Gasteiger partial charge in [-0.1, -0.05) is 24.8 Å². The highest BCUT2D eigenvalue weighted by Gasteiger charge is 2.21. The number of piperidine rings is 1. The van der Waals surface area contributed by atoms with Gasteiger partial charge in [-0.15, -0.1) is 5.10 Å². The first kappa shape index (κ1) is 18.4. The van der Waals surface area contributed by atoms with Gasteiger partial charge in [0, 0.05) is 25.7 Å². The van der Waals surface area contributed by atoms with Gasteiger partial charge in [0.15, 0.2) is 0 Å². The summed E-state index contributed by atoms with van der Waals surface area (Å²) in [5.74, 6) is 0.966. The molecular formula is C17H22N6O2S. The fraction of sp³-hybridized carbons (Fsp3) is 0.471. The molecule has 1 N–H and O–H groups in total. The zero-order valence-electron chi connectivity index (χ0n) is 14.9. The van der Waals surface area contributed by atoms with Gasteiger partial charge in [-0.3, -0.25) is 9.59 Å². The van der Waals surface area contributed by atoms with Crippen molar-refractivity contribution in [2.75, 3.05) is 24.2 Å². The first-order valence-electron chi connectivity index (χ1n) is 8.60. The Balaban J connectivity index is 1.65. The fourth-order valence-corrected chi connectivity index (χ4v) is 3.62. The van der Waals surface area contributed by atoms with E-state index in [9.17, 15) is 9.59 Å². The number of nitrogens with one attached hydrogen (secondary N) is 1. The maximum atomic E-state index is 12.4. The lowest BCUT2D eigenvalue weighted by atomic mass is 9.99. The van der Waals surface area contributed by atoms with Crippen LogP contribution >= 0.6 is 11.8 Å². The van der Waals surface area contributed by atoms with E-state index in [1.165, 1.54) is 18.7 Å². The van der Waals surface area contributed by atoms with Crippen molar-refractivity contribution >= 4 is 29.3 Å². The van der Waals surface area contributed by atoms with Crippen molar-refractivity contribution in [3.05, 3.63) is 24.3 Å². The summed E-state index contributed by atoms with van der Waals surface area (Å²) in [5.41, 5.74) is 1.39. The van der Waals surface area contributed by atoms with Crippen molar-refractivity contribution in [2.24, 2.45) is 5.92 Å². The Kier molecular flexibility index (Phi) is 5.87. The Morgan fingerprint density at radius 2 is 2.08 bits per heavy atom. The molecule has 1 fully saturated rings. The van der Waals surface area contributed by atoms with Crippen molar-refractivity contribution < 1.29 is 9.59 Å². The summed E-state index contributed by atoms with van der Waals surface area (Å²) in [6.07, 6.45) is 2.12. The molecule has 1 aliphatic heterocycles. The molecule has 1 aromatic heterocycles. The maximum Gasteiger partial charge on any atom is 0.233 e. The minimum atomic E-state index is -0.144. The van der Waals surface area contributed by atoms with Gasteiger partial charge in [0.05, 0.1) is 11.4 Å². The average Bonchev–Trinajstić information content (AvgIpc) is 3.08. The predicted octanol–water partition coefficient (Wildman–Crippen LogP) is 1.97. The predicted molar refractivity (Wildman–Crippen MR) is 99.2 cm³/mol. The monoisotopic (exact) mass is 374 g/mol. The van der Waals surface area contributed by atoms with E-state index in [4.69, 9.17) is 0 Å². The normalized spacial score (nSPS) is 15.1. The molecule has 0 spiro atoms. The first-order chi connectivity index (χ1) is 12.5. The number of nitrogens with zero attached hydrogens (tertiary/aromatic N) is 5. The van der Waals surface area contributed by atoms with Gasteiger partial charge in [-0.05, 0) is 47.4 Å². The van der Waals surface area contributed by atoms with E-state index in [0.717, 1.165) is 31.6 Å². The van der Waals surface area contributed by atoms with E-state index in [0.29, 0.717) is 22.5 Å². The van der Waals surface area contributed by atoms with Crippen LogP contribution < -0.4 is 5.32 Å². The third-order valence-corrected chi connectivity index (χ3v) is 5.22. The summed E-state index contributed by atoms with van der Waals surface area (Å²) in [4.78, 5) is 25.5. The molecule has 1 saturated heterocycles. The quantitative estimate of drug-likeness (QED) is 0.805. The van der Waals surface area contributed by atoms with Crippen LogP contribution in [0, 0.1) is 5.92 Å². The molecule has 8 nitrogen and oxygen atoms in total. The molecule has 0 bridgehead atoms. The van der Waals surface area contributed by atoms with Gasteiger partial charge in [-0.2, -0.15) is 4.68 Å². The highest BCUT2D eigenvalue weighted by molar-refractivity contribution is 7.99. The van der Waals surface area contributed by atoms with Crippen molar-refractivity contribution in [2.45, 2.75) is 31.8 Å². The van der Waals surface area contributed by atoms with E-state index in [1.807, 2.05) is 17.0 Å². The molecule has 1 aromatic carbocycles. The number of hydrogen-bond donors (Lipinski definition) is 1. The summed E-state index contributed by atoms with van der Waals surface area (Å²) in [7, 11) is 0. The van der Waals surface area contributed by atoms with Crippen LogP contribution in [-0.4, -0.2) is 55.8 Å². The number of carbonyl (C=O) groups is 2. The SMILES string of the molecule is CC(=O)Nc1cccc(-n2nnnc2SCC(=O)N2CCC(C)CC2)c1. The van der Waals surface area contributed by atoms with Crippen molar-refractivity contribution in [3.8, 4) is 5.69 Å². The summed E-state index contributed by atoms with van der Waals surface area (Å²) >= 11 is 1.32. The van der Waals surface area contributed by atoms with Crippen LogP contribution in [0.5, 0.6) is 0 Å². The Bertz CT molecular complexity index is 785. The van der Waals surface area contributed by atoms with Gasteiger partial charge < -0.3 is 10.2 Å². The smallest absolute Gasteiger partial charge is 0.233 e. The molecule has 1 aliphatic rings. The highest BCUT2D eigenvalue weighted by atomic mass is 32.2. The zero-order chi connectivity index (χ0) is 18.5. The fourth-order valence-electron chi connectivity index (χ4n) is 2.83. The lowest BCUT2D eigenvalue weighted by molar-refractivity contribution is -0.129. The lowest BCUT2D eigenvalue weighted by Gasteiger charge is -2.30. The molecule has 138 valence electrons. The topological polar surface area (TPSA) is 93.0 Å². The summed E-state index contributed by atoms with van der Waals surface area (Å²) in [5, 5.41) is 15.0. The van der Waals surface area contributed by atoms with Crippen molar-refractivity contribution in [3.63, 3.8) is 0 Å². The minimum absolute atomic E-state index is 0.114. The molecule has 9 heteroatoms. The third-order valence-electron chi connectivity index (χ3n) is 4.31. The Morgan fingerprint density at radius 3 is 2.81 bits per heavy atom. The van der Waals surface area contributed by atoms with E-state index in [1.54, 1.807) is 16.8 Å². The molecule has 0 aliphatic carbocycles. The van der Waals surface area contributed by atoms with Crippen LogP contribution in [0.25, 0.3) is 5.69 Å². The van der Waals surface area contributed by atoms with Crippen molar-refractivity contribution in [1.29, 1.82) is 0 Å². The first-order valence-corrected chi connectivity index (χ1v) is 9.58. The van der Waals surface area contributed by atoms with Crippen molar-refractivity contribution in [1.82, 2.24) is 25.1 Å². The van der Waals surface area contributed by atoms with Crippen LogP contribution in [0.4, 0.5) is 5.69 Å². The van der Waals surface area contributed by atoms with Gasteiger partial charge in [0.25, 0.3) is 0 Å². The van der Waals surface area contributed by atoms with E-state index < -0.39 is 0 Å². The number of likely N-dealkylation sites (tertiary alicyclic amines) is 1. The molecule has 26 heavy (non-hydrogen) atoms. The molecule has 2 amide bonds. The number of aromatic nitrogens is 4. The molecule has 0 atom stereocenters. The van der Waals surface area contributed by atoms with Gasteiger partial charge in [0.2, 0.25) is 17.0 Å². The van der Waals surface area contributed by atoms with E-state index >= 15 is 0 Å². The van der Waals surface area contributed by atoms with Crippen LogP contribution in [0.15, 0.2) is 29.4 Å². The molecule has 0 saturated carbocycles. The zero-order valence-corrected chi connectivity index (χ0v) is 15.7. The Labute approximate surface area is 156 Å². The summed E-state index contributed by atoms with van der Waals surface area (Å²) in [6.45, 7) is 5.33. The summed E-state index contributed by atoms with van der Waals surface area (Å²) in [6, 6.07) is 7.25. The Morgan fingerprint density at radius 1 is 1.31 bits per heavy atom. The number of hydrogen-bond acceptors (Lipinski definition) is 6. The lowest BCUT2D eigenvalue weighted by Crippen LogP contribution is -2.38. The molecule has 0 unspecified atom stereocenters. The van der Waals surface area contributed by atoms with Crippen LogP contribution in [0.2, 0.25) is 0 Å². The van der Waals surface area contributed by atoms with Gasteiger partial charge >= 0.3 is 0 Å². The van der Waals surface area contributed by atoms with E-state index in [-0.39, 0.29) is 11.8 Å². The number of amides is 2. The number of anilines is 1. The highest BCUT2D eigenvalue weighted by Crippen LogP contribution is 2.22. The number of thioether (sulfide) groups is 1. The largest absolute Gasteiger partial charge is 0.342 e. The van der Waals surface area contributed by atoms with Gasteiger partial charge in [0.1, 0.15) is 0 Å².